The number of nitrogens with zero attached hydrogens (tertiary/aromatic N) is 1. The summed E-state index contributed by atoms with van der Waals surface area (Å²) in [5.74, 6) is 0.358. The van der Waals surface area contributed by atoms with Crippen molar-refractivity contribution >= 4 is 11.6 Å². The van der Waals surface area contributed by atoms with Crippen LogP contribution in [-0.4, -0.2) is 24.5 Å². The second-order valence-corrected chi connectivity index (χ2v) is 4.32. The third kappa shape index (κ3) is 3.47. The van der Waals surface area contributed by atoms with E-state index in [2.05, 4.69) is 10.3 Å². The number of carbonyl (C=O) groups is 1. The number of aromatic nitrogens is 1. The van der Waals surface area contributed by atoms with E-state index in [1.807, 2.05) is 12.1 Å². The SMILES string of the molecule is COc1cc(C(=O)NCCc2cccnc2)ccc1N. The highest BCUT2D eigenvalue weighted by Crippen LogP contribution is 2.21. The second-order valence-electron chi connectivity index (χ2n) is 4.32. The number of amides is 1. The maximum Gasteiger partial charge on any atom is 0.251 e. The van der Waals surface area contributed by atoms with Crippen LogP contribution in [0.2, 0.25) is 0 Å². The molecule has 0 saturated heterocycles. The molecule has 0 aliphatic heterocycles. The highest BCUT2D eigenvalue weighted by atomic mass is 16.5. The van der Waals surface area contributed by atoms with Gasteiger partial charge in [0.15, 0.2) is 0 Å². The molecule has 0 atom stereocenters. The molecule has 0 radical (unpaired) electrons. The van der Waals surface area contributed by atoms with Crippen molar-refractivity contribution in [2.24, 2.45) is 0 Å². The third-order valence-corrected chi connectivity index (χ3v) is 2.92. The topological polar surface area (TPSA) is 77.2 Å². The van der Waals surface area contributed by atoms with Crippen molar-refractivity contribution in [3.05, 3.63) is 53.9 Å². The Morgan fingerprint density at radius 3 is 2.95 bits per heavy atom. The minimum absolute atomic E-state index is 0.146. The minimum atomic E-state index is -0.146. The number of anilines is 1. The van der Waals surface area contributed by atoms with E-state index in [1.165, 1.54) is 7.11 Å². The van der Waals surface area contributed by atoms with Gasteiger partial charge in [0.2, 0.25) is 0 Å². The fourth-order valence-electron chi connectivity index (χ4n) is 1.82. The summed E-state index contributed by atoms with van der Waals surface area (Å²) in [5.41, 5.74) is 7.84. The minimum Gasteiger partial charge on any atom is -0.495 e. The molecule has 0 fully saturated rings. The van der Waals surface area contributed by atoms with Crippen LogP contribution in [0.15, 0.2) is 42.7 Å². The Kier molecular flexibility index (Phi) is 4.55. The number of nitrogens with one attached hydrogen (secondary N) is 1. The lowest BCUT2D eigenvalue weighted by Gasteiger charge is -2.08. The zero-order valence-corrected chi connectivity index (χ0v) is 11.3. The molecule has 0 saturated carbocycles. The van der Waals surface area contributed by atoms with Crippen LogP contribution in [0.5, 0.6) is 5.75 Å². The number of carbonyl (C=O) groups excluding carboxylic acids is 1. The van der Waals surface area contributed by atoms with Gasteiger partial charge < -0.3 is 15.8 Å². The van der Waals surface area contributed by atoms with Crippen LogP contribution in [0.25, 0.3) is 0 Å². The van der Waals surface area contributed by atoms with Gasteiger partial charge in [0.05, 0.1) is 12.8 Å². The Morgan fingerprint density at radius 2 is 2.25 bits per heavy atom. The van der Waals surface area contributed by atoms with Gasteiger partial charge in [-0.2, -0.15) is 0 Å². The van der Waals surface area contributed by atoms with Gasteiger partial charge in [0.1, 0.15) is 5.75 Å². The summed E-state index contributed by atoms with van der Waals surface area (Å²) in [6.07, 6.45) is 4.26. The van der Waals surface area contributed by atoms with Gasteiger partial charge in [-0.15, -0.1) is 0 Å². The smallest absolute Gasteiger partial charge is 0.251 e. The number of rotatable bonds is 5. The summed E-state index contributed by atoms with van der Waals surface area (Å²) in [6.45, 7) is 0.553. The largest absolute Gasteiger partial charge is 0.495 e. The average molecular weight is 271 g/mol. The quantitative estimate of drug-likeness (QED) is 0.810. The molecule has 104 valence electrons. The fraction of sp³-hybridized carbons (Fsp3) is 0.200. The Labute approximate surface area is 117 Å². The first kappa shape index (κ1) is 13.9. The summed E-state index contributed by atoms with van der Waals surface area (Å²) in [5, 5.41) is 2.86. The summed E-state index contributed by atoms with van der Waals surface area (Å²) in [7, 11) is 1.52. The van der Waals surface area contributed by atoms with Crippen molar-refractivity contribution in [3.63, 3.8) is 0 Å². The first-order chi connectivity index (χ1) is 9.70. The standard InChI is InChI=1S/C15H17N3O2/c1-20-14-9-12(4-5-13(14)16)15(19)18-8-6-11-3-2-7-17-10-11/h2-5,7,9-10H,6,8,16H2,1H3,(H,18,19). The molecule has 1 heterocycles. The predicted octanol–water partition coefficient (Wildman–Crippen LogP) is 1.64. The maximum atomic E-state index is 12.0. The van der Waals surface area contributed by atoms with E-state index in [4.69, 9.17) is 10.5 Å². The van der Waals surface area contributed by atoms with E-state index < -0.39 is 0 Å². The molecular weight excluding hydrogens is 254 g/mol. The fourth-order valence-corrected chi connectivity index (χ4v) is 1.82. The summed E-state index contributed by atoms with van der Waals surface area (Å²) in [4.78, 5) is 16.0. The molecule has 0 spiro atoms. The average Bonchev–Trinajstić information content (AvgIpc) is 2.48. The molecule has 3 N–H and O–H groups in total. The first-order valence-corrected chi connectivity index (χ1v) is 6.31. The lowest BCUT2D eigenvalue weighted by molar-refractivity contribution is 0.0954. The number of nitrogens with two attached hydrogens (primary N) is 1. The molecule has 1 aromatic carbocycles. The van der Waals surface area contributed by atoms with Gasteiger partial charge in [-0.05, 0) is 36.2 Å². The van der Waals surface area contributed by atoms with Gasteiger partial charge in [-0.3, -0.25) is 9.78 Å². The van der Waals surface area contributed by atoms with Crippen molar-refractivity contribution < 1.29 is 9.53 Å². The third-order valence-electron chi connectivity index (χ3n) is 2.92. The van der Waals surface area contributed by atoms with Crippen molar-refractivity contribution in [1.29, 1.82) is 0 Å². The molecule has 5 nitrogen and oxygen atoms in total. The van der Waals surface area contributed by atoms with Gasteiger partial charge in [-0.25, -0.2) is 0 Å². The Bertz CT molecular complexity index is 585. The molecule has 0 aliphatic rings. The zero-order valence-electron chi connectivity index (χ0n) is 11.3. The molecule has 2 rings (SSSR count). The summed E-state index contributed by atoms with van der Waals surface area (Å²) in [6, 6.07) is 8.83. The van der Waals surface area contributed by atoms with Crippen molar-refractivity contribution in [2.45, 2.75) is 6.42 Å². The molecule has 20 heavy (non-hydrogen) atoms. The number of methoxy groups -OCH3 is 1. The lowest BCUT2D eigenvalue weighted by Crippen LogP contribution is -2.25. The number of pyridine rings is 1. The van der Waals surface area contributed by atoms with E-state index in [0.717, 1.165) is 12.0 Å². The second kappa shape index (κ2) is 6.56. The van der Waals surface area contributed by atoms with Crippen LogP contribution in [0.4, 0.5) is 5.69 Å². The number of nitrogen functional groups attached to an aromatic ring is 1. The molecule has 0 bridgehead atoms. The van der Waals surface area contributed by atoms with E-state index in [-0.39, 0.29) is 5.91 Å². The summed E-state index contributed by atoms with van der Waals surface area (Å²) < 4.78 is 5.10. The molecule has 1 amide bonds. The number of ether oxygens (including phenoxy) is 1. The van der Waals surface area contributed by atoms with Crippen molar-refractivity contribution in [1.82, 2.24) is 10.3 Å². The molecular formula is C15H17N3O2. The van der Waals surface area contributed by atoms with E-state index in [0.29, 0.717) is 23.5 Å². The summed E-state index contributed by atoms with van der Waals surface area (Å²) >= 11 is 0. The van der Waals surface area contributed by atoms with Crippen LogP contribution >= 0.6 is 0 Å². The van der Waals surface area contributed by atoms with Gasteiger partial charge in [0.25, 0.3) is 5.91 Å². The van der Waals surface area contributed by atoms with Crippen LogP contribution in [0, 0.1) is 0 Å². The number of benzene rings is 1. The molecule has 5 heteroatoms. The highest BCUT2D eigenvalue weighted by molar-refractivity contribution is 5.95. The molecule has 0 aliphatic carbocycles. The van der Waals surface area contributed by atoms with Crippen LogP contribution in [-0.2, 0) is 6.42 Å². The van der Waals surface area contributed by atoms with Gasteiger partial charge in [-0.1, -0.05) is 6.07 Å². The monoisotopic (exact) mass is 271 g/mol. The maximum absolute atomic E-state index is 12.0. The van der Waals surface area contributed by atoms with E-state index in [9.17, 15) is 4.79 Å². The van der Waals surface area contributed by atoms with E-state index in [1.54, 1.807) is 30.6 Å². The van der Waals surface area contributed by atoms with Crippen molar-refractivity contribution in [2.75, 3.05) is 19.4 Å². The Morgan fingerprint density at radius 1 is 1.40 bits per heavy atom. The Hall–Kier alpha value is -2.56. The van der Waals surface area contributed by atoms with Crippen LogP contribution in [0.3, 0.4) is 0 Å². The van der Waals surface area contributed by atoms with Crippen LogP contribution in [0.1, 0.15) is 15.9 Å². The number of hydrogen-bond donors (Lipinski definition) is 2. The Balaban J connectivity index is 1.92. The van der Waals surface area contributed by atoms with Crippen LogP contribution < -0.4 is 15.8 Å². The molecule has 0 unspecified atom stereocenters. The van der Waals surface area contributed by atoms with Gasteiger partial charge in [0, 0.05) is 24.5 Å². The normalized spacial score (nSPS) is 10.1. The van der Waals surface area contributed by atoms with E-state index >= 15 is 0 Å². The zero-order chi connectivity index (χ0) is 14.4. The first-order valence-electron chi connectivity index (χ1n) is 6.31. The van der Waals surface area contributed by atoms with Crippen molar-refractivity contribution in [3.8, 4) is 5.75 Å². The van der Waals surface area contributed by atoms with Gasteiger partial charge >= 0.3 is 0 Å². The molecule has 1 aromatic heterocycles. The molecule has 2 aromatic rings. The number of hydrogen-bond acceptors (Lipinski definition) is 4. The lowest BCUT2D eigenvalue weighted by atomic mass is 10.1. The predicted molar refractivity (Wildman–Crippen MR) is 77.7 cm³/mol. The highest BCUT2D eigenvalue weighted by Gasteiger charge is 2.08.